The summed E-state index contributed by atoms with van der Waals surface area (Å²) >= 11 is 6.77. The second-order valence-electron chi connectivity index (χ2n) is 7.36. The number of hydrogen-bond donors (Lipinski definition) is 1. The molecule has 0 radical (unpaired) electrons. The van der Waals surface area contributed by atoms with E-state index in [0.29, 0.717) is 34.3 Å². The Morgan fingerprint density at radius 2 is 1.91 bits per heavy atom. The third kappa shape index (κ3) is 5.48. The Morgan fingerprint density at radius 1 is 1.17 bits per heavy atom. The molecule has 0 bridgehead atoms. The van der Waals surface area contributed by atoms with Crippen molar-refractivity contribution < 1.29 is 13.2 Å². The summed E-state index contributed by atoms with van der Waals surface area (Å²) in [5.41, 5.74) is 2.19. The molecule has 178 valence electrons. The zero-order valence-corrected chi connectivity index (χ0v) is 21.0. The van der Waals surface area contributed by atoms with Crippen LogP contribution in [0.5, 0.6) is 0 Å². The maximum absolute atomic E-state index is 12.5. The fraction of sp³-hybridized carbons (Fsp3) is 0.0909. The number of aromatic nitrogens is 3. The summed E-state index contributed by atoms with van der Waals surface area (Å²) in [5.74, 6) is 0. The number of carbonyl (C=O) groups excluding carboxylic acids is 1. The third-order valence-corrected chi connectivity index (χ3v) is 7.12. The molecule has 2 aromatic carbocycles. The van der Waals surface area contributed by atoms with Crippen molar-refractivity contribution in [3.05, 3.63) is 76.6 Å². The molecule has 10 nitrogen and oxygen atoms in total. The van der Waals surface area contributed by atoms with E-state index in [2.05, 4.69) is 25.0 Å². The number of allylic oxidation sites excluding steroid dienone is 1. The van der Waals surface area contributed by atoms with E-state index >= 15 is 0 Å². The number of nitrogens with one attached hydrogen (secondary N) is 1. The second kappa shape index (κ2) is 10.2. The van der Waals surface area contributed by atoms with Crippen LogP contribution in [0.15, 0.2) is 81.5 Å². The van der Waals surface area contributed by atoms with E-state index in [4.69, 9.17) is 12.2 Å². The number of aldehydes is 1. The van der Waals surface area contributed by atoms with Gasteiger partial charge in [-0.05, 0) is 36.4 Å². The minimum Gasteiger partial charge on any atom is -0.383 e. The molecule has 0 spiro atoms. The van der Waals surface area contributed by atoms with Gasteiger partial charge in [-0.25, -0.2) is 18.4 Å². The molecule has 13 heteroatoms. The molecule has 0 unspecified atom stereocenters. The number of fused-ring (bicyclic) bond motifs is 1. The smallest absolute Gasteiger partial charge is 0.263 e. The molecule has 2 aromatic heterocycles. The van der Waals surface area contributed by atoms with E-state index in [9.17, 15) is 13.2 Å². The van der Waals surface area contributed by atoms with Crippen LogP contribution < -0.4 is 4.72 Å². The van der Waals surface area contributed by atoms with Crippen molar-refractivity contribution in [2.45, 2.75) is 4.90 Å². The lowest BCUT2D eigenvalue weighted by molar-refractivity contribution is -0.103. The molecule has 0 saturated heterocycles. The van der Waals surface area contributed by atoms with Crippen molar-refractivity contribution >= 4 is 67.3 Å². The van der Waals surface area contributed by atoms with Gasteiger partial charge in [-0.2, -0.15) is 4.68 Å². The number of anilines is 1. The molecule has 4 rings (SSSR count). The fourth-order valence-electron chi connectivity index (χ4n) is 3.05. The molecular weight excluding hydrogens is 506 g/mol. The summed E-state index contributed by atoms with van der Waals surface area (Å²) in [6.07, 6.45) is 3.83. The Balaban J connectivity index is 1.71. The van der Waals surface area contributed by atoms with Gasteiger partial charge in [-0.1, -0.05) is 29.6 Å². The van der Waals surface area contributed by atoms with Gasteiger partial charge in [-0.15, -0.1) is 16.5 Å². The summed E-state index contributed by atoms with van der Waals surface area (Å²) in [6, 6.07) is 13.1. The predicted octanol–water partition coefficient (Wildman–Crippen LogP) is 4.67. The Morgan fingerprint density at radius 3 is 2.57 bits per heavy atom. The summed E-state index contributed by atoms with van der Waals surface area (Å²) < 4.78 is 29.1. The molecule has 0 atom stereocenters. The molecule has 0 saturated carbocycles. The maximum Gasteiger partial charge on any atom is 0.263 e. The van der Waals surface area contributed by atoms with Crippen LogP contribution >= 0.6 is 23.6 Å². The number of nitrogens with zero attached hydrogens (tertiary/aromatic N) is 6. The van der Waals surface area contributed by atoms with Crippen molar-refractivity contribution in [2.75, 3.05) is 18.8 Å². The third-order valence-electron chi connectivity index (χ3n) is 4.59. The lowest BCUT2D eigenvalue weighted by atomic mass is 10.2. The molecule has 4 aromatic rings. The summed E-state index contributed by atoms with van der Waals surface area (Å²) in [6.45, 7) is 0. The number of hydrogen-bond acceptors (Lipinski definition) is 10. The van der Waals surface area contributed by atoms with Gasteiger partial charge in [-0.3, -0.25) is 9.52 Å². The first-order valence-corrected chi connectivity index (χ1v) is 12.9. The number of carbonyl (C=O) groups is 1. The highest BCUT2D eigenvalue weighted by Crippen LogP contribution is 2.23. The Hall–Kier alpha value is -3.81. The van der Waals surface area contributed by atoms with Gasteiger partial charge < -0.3 is 4.90 Å². The van der Waals surface area contributed by atoms with E-state index in [1.165, 1.54) is 46.5 Å². The van der Waals surface area contributed by atoms with Gasteiger partial charge in [0.2, 0.25) is 0 Å². The Bertz CT molecular complexity index is 1590. The van der Waals surface area contributed by atoms with Crippen molar-refractivity contribution in [3.63, 3.8) is 0 Å². The number of rotatable bonds is 8. The van der Waals surface area contributed by atoms with Crippen LogP contribution in [0.25, 0.3) is 16.6 Å². The Labute approximate surface area is 210 Å². The molecular formula is C22H19N7O3S3. The van der Waals surface area contributed by atoms with Crippen LogP contribution in [0.2, 0.25) is 0 Å². The molecule has 0 amide bonds. The van der Waals surface area contributed by atoms with Crippen molar-refractivity contribution in [1.29, 1.82) is 0 Å². The molecule has 1 N–H and O–H groups in total. The standard InChI is InChI=1S/C22H19N7O3S3/c1-28(2)13-15(14-30)20-21(33)29(19-6-4-3-5-18(19)24-20)27-25-16-7-9-17(10-8-16)35(31,32)26-22-23-11-12-34-22/h3-14H,1-2H3,(H,23,26)/b15-13+,27-25?. The van der Waals surface area contributed by atoms with Crippen LogP contribution in [-0.4, -0.2) is 48.3 Å². The highest BCUT2D eigenvalue weighted by Gasteiger charge is 2.16. The van der Waals surface area contributed by atoms with Crippen LogP contribution in [0.3, 0.4) is 0 Å². The first kappa shape index (κ1) is 24.3. The van der Waals surface area contributed by atoms with E-state index in [1.54, 1.807) is 42.7 Å². The molecule has 0 aliphatic rings. The van der Waals surface area contributed by atoms with Crippen molar-refractivity contribution in [2.24, 2.45) is 10.3 Å². The summed E-state index contributed by atoms with van der Waals surface area (Å²) in [4.78, 5) is 22.0. The van der Waals surface area contributed by atoms with E-state index < -0.39 is 10.0 Å². The molecule has 2 heterocycles. The predicted molar refractivity (Wildman–Crippen MR) is 138 cm³/mol. The zero-order chi connectivity index (χ0) is 25.0. The molecule has 0 aliphatic carbocycles. The van der Waals surface area contributed by atoms with Gasteiger partial charge in [0.1, 0.15) is 5.69 Å². The van der Waals surface area contributed by atoms with E-state index in [0.717, 1.165) is 0 Å². The highest BCUT2D eigenvalue weighted by molar-refractivity contribution is 7.93. The van der Waals surface area contributed by atoms with Crippen LogP contribution in [-0.2, 0) is 14.8 Å². The summed E-state index contributed by atoms with van der Waals surface area (Å²) in [7, 11) is -0.200. The van der Waals surface area contributed by atoms with E-state index in [1.807, 2.05) is 12.1 Å². The quantitative estimate of drug-likeness (QED) is 0.153. The fourth-order valence-corrected chi connectivity index (χ4v) is 5.14. The summed E-state index contributed by atoms with van der Waals surface area (Å²) in [5, 5.41) is 10.5. The average molecular weight is 526 g/mol. The zero-order valence-electron chi connectivity index (χ0n) is 18.6. The van der Waals surface area contributed by atoms with Gasteiger partial charge in [0.05, 0.1) is 27.2 Å². The molecule has 35 heavy (non-hydrogen) atoms. The van der Waals surface area contributed by atoms with Gasteiger partial charge in [0, 0.05) is 31.9 Å². The average Bonchev–Trinajstić information content (AvgIpc) is 3.34. The van der Waals surface area contributed by atoms with Crippen molar-refractivity contribution in [1.82, 2.24) is 19.5 Å². The minimum absolute atomic E-state index is 0.0596. The number of benzene rings is 2. The largest absolute Gasteiger partial charge is 0.383 e. The van der Waals surface area contributed by atoms with Crippen LogP contribution in [0.1, 0.15) is 5.69 Å². The lowest BCUT2D eigenvalue weighted by Gasteiger charge is -2.11. The second-order valence-corrected chi connectivity index (χ2v) is 10.3. The normalized spacial score (nSPS) is 12.2. The van der Waals surface area contributed by atoms with Gasteiger partial charge in [0.25, 0.3) is 10.0 Å². The lowest BCUT2D eigenvalue weighted by Crippen LogP contribution is -2.12. The van der Waals surface area contributed by atoms with Crippen molar-refractivity contribution in [3.8, 4) is 0 Å². The Kier molecular flexibility index (Phi) is 7.10. The first-order chi connectivity index (χ1) is 16.8. The van der Waals surface area contributed by atoms with Crippen LogP contribution in [0.4, 0.5) is 10.8 Å². The van der Waals surface area contributed by atoms with E-state index in [-0.39, 0.29) is 14.7 Å². The monoisotopic (exact) mass is 525 g/mol. The molecule has 0 aliphatic heterocycles. The minimum atomic E-state index is -3.78. The number of para-hydroxylation sites is 2. The SMILES string of the molecule is CN(C)/C=C(\C=O)c1nc2ccccc2n(N=Nc2ccc(S(=O)(=O)Nc3nccs3)cc2)c1=S. The van der Waals surface area contributed by atoms with Gasteiger partial charge >= 0.3 is 0 Å². The molecule has 0 fully saturated rings. The first-order valence-electron chi connectivity index (χ1n) is 10.1. The maximum atomic E-state index is 12.5. The van der Waals surface area contributed by atoms with Crippen LogP contribution in [0, 0.1) is 4.64 Å². The topological polar surface area (TPSA) is 122 Å². The van der Waals surface area contributed by atoms with Gasteiger partial charge in [0.15, 0.2) is 16.1 Å². The highest BCUT2D eigenvalue weighted by atomic mass is 32.2. The number of sulfonamides is 1. The number of thiazole rings is 1.